The van der Waals surface area contributed by atoms with E-state index in [2.05, 4.69) is 14.2 Å². The van der Waals surface area contributed by atoms with E-state index in [1.54, 1.807) is 0 Å². The molecule has 0 amide bonds. The minimum Gasteiger partial charge on any atom is -0.492 e. The van der Waals surface area contributed by atoms with E-state index >= 15 is 0 Å². The van der Waals surface area contributed by atoms with Gasteiger partial charge in [-0.25, -0.2) is 10.1 Å². The van der Waals surface area contributed by atoms with Crippen molar-refractivity contribution in [3.8, 4) is 11.8 Å². The molecule has 0 radical (unpaired) electrons. The summed E-state index contributed by atoms with van der Waals surface area (Å²) < 4.78 is 4.51. The highest BCUT2D eigenvalue weighted by Crippen LogP contribution is 2.34. The number of aromatic hydroxyl groups is 2. The van der Waals surface area contributed by atoms with Crippen molar-refractivity contribution in [2.75, 3.05) is 0 Å². The zero-order chi connectivity index (χ0) is 11.4. The summed E-state index contributed by atoms with van der Waals surface area (Å²) in [6.45, 7) is 1.10. The first-order valence-electron chi connectivity index (χ1n) is 3.53. The molecule has 0 saturated carbocycles. The van der Waals surface area contributed by atoms with Crippen molar-refractivity contribution in [3.05, 3.63) is 6.07 Å². The molecule has 1 heterocycles. The van der Waals surface area contributed by atoms with E-state index in [9.17, 15) is 15.0 Å². The molecule has 0 aliphatic heterocycles. The number of hydrogen-bond acceptors (Lipinski definition) is 8. The van der Waals surface area contributed by atoms with Gasteiger partial charge in [0.1, 0.15) is 4.90 Å². The van der Waals surface area contributed by atoms with Crippen molar-refractivity contribution in [1.29, 1.82) is 0 Å². The fourth-order valence-corrected chi connectivity index (χ4v) is 1.20. The molecular formula is C6H7NO7S. The molecule has 8 nitrogen and oxygen atoms in total. The SMILES string of the molecule is CC(=O)On1c(O)cc(SOOO)c1O. The minimum absolute atomic E-state index is 0.0113. The summed E-state index contributed by atoms with van der Waals surface area (Å²) in [6, 6.07) is 1.04. The first-order chi connectivity index (χ1) is 7.06. The van der Waals surface area contributed by atoms with Crippen LogP contribution in [0.25, 0.3) is 0 Å². The van der Waals surface area contributed by atoms with Crippen LogP contribution in [0.5, 0.6) is 11.8 Å². The summed E-state index contributed by atoms with van der Waals surface area (Å²) in [5, 5.41) is 29.7. The van der Waals surface area contributed by atoms with Crippen LogP contribution in [-0.2, 0) is 14.2 Å². The summed E-state index contributed by atoms with van der Waals surface area (Å²) in [6.07, 6.45) is 0. The summed E-state index contributed by atoms with van der Waals surface area (Å²) in [7, 11) is 0. The van der Waals surface area contributed by atoms with Crippen LogP contribution in [0.2, 0.25) is 0 Å². The quantitative estimate of drug-likeness (QED) is 0.389. The maximum absolute atomic E-state index is 10.6. The number of rotatable bonds is 4. The molecule has 1 aromatic rings. The fourth-order valence-electron chi connectivity index (χ4n) is 0.781. The molecule has 3 N–H and O–H groups in total. The molecule has 0 aromatic carbocycles. The van der Waals surface area contributed by atoms with Crippen LogP contribution < -0.4 is 4.84 Å². The summed E-state index contributed by atoms with van der Waals surface area (Å²) in [5.74, 6) is -1.80. The smallest absolute Gasteiger partial charge is 0.330 e. The lowest BCUT2D eigenvalue weighted by molar-refractivity contribution is -0.432. The molecule has 9 heteroatoms. The molecule has 0 saturated heterocycles. The molecule has 0 aliphatic carbocycles. The van der Waals surface area contributed by atoms with Gasteiger partial charge in [0, 0.05) is 13.0 Å². The van der Waals surface area contributed by atoms with Gasteiger partial charge in [0.05, 0.1) is 12.0 Å². The molecule has 0 bridgehead atoms. The Morgan fingerprint density at radius 3 is 2.73 bits per heavy atom. The van der Waals surface area contributed by atoms with Crippen molar-refractivity contribution < 1.29 is 34.5 Å². The zero-order valence-corrected chi connectivity index (χ0v) is 8.22. The summed E-state index contributed by atoms with van der Waals surface area (Å²) in [4.78, 5) is 15.0. The third-order valence-corrected chi connectivity index (χ3v) is 1.86. The number of hydrogen-bond donors (Lipinski definition) is 3. The largest absolute Gasteiger partial charge is 0.492 e. The van der Waals surface area contributed by atoms with Gasteiger partial charge in [-0.1, -0.05) is 5.04 Å². The average molecular weight is 237 g/mol. The molecule has 1 rings (SSSR count). The Morgan fingerprint density at radius 2 is 2.20 bits per heavy atom. The standard InChI is InChI=1S/C6H7NO7S/c1-3(8)12-7-5(9)2-4(6(7)10)15-14-13-11/h2,9-11H,1H3. The highest BCUT2D eigenvalue weighted by molar-refractivity contribution is 7.94. The monoisotopic (exact) mass is 237 g/mol. The lowest BCUT2D eigenvalue weighted by Crippen LogP contribution is -2.15. The van der Waals surface area contributed by atoms with E-state index in [0.717, 1.165) is 13.0 Å². The van der Waals surface area contributed by atoms with Crippen LogP contribution in [0.15, 0.2) is 11.0 Å². The molecule has 84 valence electrons. The first kappa shape index (κ1) is 11.7. The zero-order valence-electron chi connectivity index (χ0n) is 7.41. The van der Waals surface area contributed by atoms with Gasteiger partial charge >= 0.3 is 5.97 Å². The minimum atomic E-state index is -0.730. The number of nitrogens with zero attached hydrogens (tertiary/aromatic N) is 1. The Morgan fingerprint density at radius 1 is 1.53 bits per heavy atom. The molecule has 1 aromatic heterocycles. The number of carbonyl (C=O) groups is 1. The second-order valence-electron chi connectivity index (χ2n) is 2.29. The Bertz CT molecular complexity index is 363. The van der Waals surface area contributed by atoms with Crippen molar-refractivity contribution >= 4 is 18.0 Å². The molecule has 0 atom stereocenters. The molecule has 0 spiro atoms. The highest BCUT2D eigenvalue weighted by atomic mass is 32.2. The van der Waals surface area contributed by atoms with Gasteiger partial charge in [-0.15, -0.1) is 9.06 Å². The van der Waals surface area contributed by atoms with E-state index in [-0.39, 0.29) is 4.90 Å². The Balaban J connectivity index is 2.87. The molecule has 0 fully saturated rings. The van der Waals surface area contributed by atoms with Crippen LogP contribution in [0.1, 0.15) is 6.92 Å². The van der Waals surface area contributed by atoms with Crippen molar-refractivity contribution in [2.24, 2.45) is 0 Å². The summed E-state index contributed by atoms with van der Waals surface area (Å²) >= 11 is 0.415. The second kappa shape index (κ2) is 4.89. The maximum Gasteiger partial charge on any atom is 0.330 e. The van der Waals surface area contributed by atoms with Crippen LogP contribution in [-0.4, -0.2) is 26.2 Å². The van der Waals surface area contributed by atoms with Gasteiger partial charge in [-0.3, -0.25) is 0 Å². The van der Waals surface area contributed by atoms with Gasteiger partial charge in [0.15, 0.2) is 0 Å². The highest BCUT2D eigenvalue weighted by Gasteiger charge is 2.18. The Kier molecular flexibility index (Phi) is 3.80. The molecule has 15 heavy (non-hydrogen) atoms. The maximum atomic E-state index is 10.6. The van der Waals surface area contributed by atoms with E-state index in [4.69, 9.17) is 5.26 Å². The van der Waals surface area contributed by atoms with E-state index < -0.39 is 17.7 Å². The van der Waals surface area contributed by atoms with Crippen LogP contribution in [0, 0.1) is 0 Å². The third kappa shape index (κ3) is 2.76. The second-order valence-corrected chi connectivity index (χ2v) is 3.04. The van der Waals surface area contributed by atoms with Gasteiger partial charge < -0.3 is 15.1 Å². The van der Waals surface area contributed by atoms with E-state index in [1.807, 2.05) is 0 Å². The fraction of sp³-hybridized carbons (Fsp3) is 0.167. The predicted octanol–water partition coefficient (Wildman–Crippen LogP) is 0.303. The van der Waals surface area contributed by atoms with Crippen molar-refractivity contribution in [2.45, 2.75) is 11.8 Å². The molecule has 0 unspecified atom stereocenters. The summed E-state index contributed by atoms with van der Waals surface area (Å²) in [5.41, 5.74) is 0. The molecular weight excluding hydrogens is 230 g/mol. The van der Waals surface area contributed by atoms with E-state index in [1.165, 1.54) is 0 Å². The topological polar surface area (TPSA) is 110 Å². The first-order valence-corrected chi connectivity index (χ1v) is 4.27. The van der Waals surface area contributed by atoms with Crippen molar-refractivity contribution in [3.63, 3.8) is 0 Å². The average Bonchev–Trinajstić information content (AvgIpc) is 2.42. The van der Waals surface area contributed by atoms with E-state index in [0.29, 0.717) is 16.8 Å². The Hall–Kier alpha value is -1.42. The van der Waals surface area contributed by atoms with Crippen LogP contribution in [0.3, 0.4) is 0 Å². The van der Waals surface area contributed by atoms with Gasteiger partial charge in [-0.2, -0.15) is 0 Å². The van der Waals surface area contributed by atoms with Gasteiger partial charge in [-0.05, 0) is 0 Å². The normalized spacial score (nSPS) is 10.3. The lowest BCUT2D eigenvalue weighted by atomic mass is 10.6. The van der Waals surface area contributed by atoms with Crippen LogP contribution >= 0.6 is 12.0 Å². The van der Waals surface area contributed by atoms with Crippen LogP contribution in [0.4, 0.5) is 0 Å². The Labute approximate surface area is 87.6 Å². The van der Waals surface area contributed by atoms with Gasteiger partial charge in [0.25, 0.3) is 0 Å². The number of aromatic nitrogens is 1. The molecule has 0 aliphatic rings. The predicted molar refractivity (Wildman–Crippen MR) is 45.7 cm³/mol. The third-order valence-electron chi connectivity index (χ3n) is 1.26. The van der Waals surface area contributed by atoms with Gasteiger partial charge in [0.2, 0.25) is 11.8 Å². The number of carbonyl (C=O) groups excluding carboxylic acids is 1. The lowest BCUT2D eigenvalue weighted by Gasteiger charge is -2.03. The van der Waals surface area contributed by atoms with Crippen molar-refractivity contribution in [1.82, 2.24) is 4.73 Å².